The predicted molar refractivity (Wildman–Crippen MR) is 65.1 cm³/mol. The predicted octanol–water partition coefficient (Wildman–Crippen LogP) is 2.87. The molecule has 3 rings (SSSR count). The van der Waals surface area contributed by atoms with Crippen molar-refractivity contribution in [3.63, 3.8) is 0 Å². The van der Waals surface area contributed by atoms with Gasteiger partial charge in [0.05, 0.1) is 11.8 Å². The highest BCUT2D eigenvalue weighted by Gasteiger charge is 2.31. The van der Waals surface area contributed by atoms with Gasteiger partial charge in [-0.15, -0.1) is 0 Å². The van der Waals surface area contributed by atoms with E-state index in [-0.39, 0.29) is 11.9 Å². The second kappa shape index (κ2) is 3.77. The van der Waals surface area contributed by atoms with Gasteiger partial charge in [0.2, 0.25) is 0 Å². The lowest BCUT2D eigenvalue weighted by atomic mass is 10.1. The lowest BCUT2D eigenvalue weighted by molar-refractivity contribution is 0.0981. The van der Waals surface area contributed by atoms with Crippen molar-refractivity contribution in [1.82, 2.24) is 0 Å². The third-order valence-corrected chi connectivity index (χ3v) is 3.19. The van der Waals surface area contributed by atoms with Crippen LogP contribution in [0, 0.1) is 0 Å². The van der Waals surface area contributed by atoms with Crippen LogP contribution in [0.25, 0.3) is 0 Å². The van der Waals surface area contributed by atoms with Gasteiger partial charge in [-0.1, -0.05) is 18.2 Å². The fourth-order valence-electron chi connectivity index (χ4n) is 2.40. The molecule has 0 saturated carbocycles. The number of carbonyl (C=O) groups excluding carboxylic acids is 1. The molecule has 0 fully saturated rings. The Hall–Kier alpha value is -2.03. The van der Waals surface area contributed by atoms with Crippen molar-refractivity contribution in [2.24, 2.45) is 0 Å². The van der Waals surface area contributed by atoms with E-state index in [1.165, 1.54) is 18.1 Å². The molecule has 1 atom stereocenters. The van der Waals surface area contributed by atoms with Crippen LogP contribution < -0.4 is 4.90 Å². The molecule has 0 aliphatic carbocycles. The lowest BCUT2D eigenvalue weighted by Gasteiger charge is -2.21. The normalized spacial score (nSPS) is 18.2. The Labute approximate surface area is 99.7 Å². The molecule has 3 nitrogen and oxygen atoms in total. The molecule has 2 heterocycles. The summed E-state index contributed by atoms with van der Waals surface area (Å²) in [5.41, 5.74) is 2.86. The van der Waals surface area contributed by atoms with E-state index in [1.54, 1.807) is 6.07 Å². The molecular weight excluding hydrogens is 214 g/mol. The minimum atomic E-state index is 0.0104. The van der Waals surface area contributed by atoms with Gasteiger partial charge in [-0.3, -0.25) is 4.79 Å². The van der Waals surface area contributed by atoms with E-state index in [0.29, 0.717) is 5.56 Å². The summed E-state index contributed by atoms with van der Waals surface area (Å²) in [7, 11) is 0. The Bertz CT molecular complexity index is 545. The van der Waals surface area contributed by atoms with E-state index < -0.39 is 0 Å². The highest BCUT2D eigenvalue weighted by Crippen LogP contribution is 2.32. The molecule has 1 aromatic carbocycles. The van der Waals surface area contributed by atoms with Gasteiger partial charge in [-0.05, 0) is 31.0 Å². The van der Waals surface area contributed by atoms with Gasteiger partial charge < -0.3 is 9.32 Å². The Balaban J connectivity index is 2.01. The van der Waals surface area contributed by atoms with Crippen LogP contribution in [0.3, 0.4) is 0 Å². The minimum absolute atomic E-state index is 0.0104. The average molecular weight is 227 g/mol. The monoisotopic (exact) mass is 227 g/mol. The second-order valence-corrected chi connectivity index (χ2v) is 4.37. The molecule has 1 aromatic heterocycles. The summed E-state index contributed by atoms with van der Waals surface area (Å²) in [5.74, 6) is 0.0104. The summed E-state index contributed by atoms with van der Waals surface area (Å²) >= 11 is 0. The van der Waals surface area contributed by atoms with Crippen LogP contribution >= 0.6 is 0 Å². The standard InChI is InChI=1S/C14H13NO2/c1-10-8-11-4-2-3-5-13(11)15(10)14(16)12-6-7-17-9-12/h2-7,9-10H,8H2,1H3. The van der Waals surface area contributed by atoms with E-state index in [9.17, 15) is 4.79 Å². The lowest BCUT2D eigenvalue weighted by Crippen LogP contribution is -2.35. The van der Waals surface area contributed by atoms with Gasteiger partial charge in [0.25, 0.3) is 5.91 Å². The van der Waals surface area contributed by atoms with Gasteiger partial charge in [0.1, 0.15) is 6.26 Å². The number of amides is 1. The number of nitrogens with zero attached hydrogens (tertiary/aromatic N) is 1. The number of hydrogen-bond acceptors (Lipinski definition) is 2. The van der Waals surface area contributed by atoms with Crippen LogP contribution in [0.1, 0.15) is 22.8 Å². The Kier molecular flexibility index (Phi) is 2.25. The smallest absolute Gasteiger partial charge is 0.261 e. The summed E-state index contributed by atoms with van der Waals surface area (Å²) in [6.07, 6.45) is 3.94. The highest BCUT2D eigenvalue weighted by atomic mass is 16.3. The number of fused-ring (bicyclic) bond motifs is 1. The Morgan fingerprint density at radius 1 is 1.35 bits per heavy atom. The number of benzene rings is 1. The molecule has 0 radical (unpaired) electrons. The zero-order valence-corrected chi connectivity index (χ0v) is 9.59. The fourth-order valence-corrected chi connectivity index (χ4v) is 2.40. The van der Waals surface area contributed by atoms with Crippen LogP contribution in [-0.4, -0.2) is 11.9 Å². The van der Waals surface area contributed by atoms with Crippen molar-refractivity contribution in [2.75, 3.05) is 4.90 Å². The van der Waals surface area contributed by atoms with Crippen LogP contribution in [0.5, 0.6) is 0 Å². The number of hydrogen-bond donors (Lipinski definition) is 0. The van der Waals surface area contributed by atoms with Crippen LogP contribution in [-0.2, 0) is 6.42 Å². The first-order chi connectivity index (χ1) is 8.27. The number of furan rings is 1. The highest BCUT2D eigenvalue weighted by molar-refractivity contribution is 6.07. The summed E-state index contributed by atoms with van der Waals surface area (Å²) < 4.78 is 4.97. The summed E-state index contributed by atoms with van der Waals surface area (Å²) in [5, 5.41) is 0. The molecule has 1 aliphatic rings. The number of rotatable bonds is 1. The molecule has 86 valence electrons. The summed E-state index contributed by atoms with van der Waals surface area (Å²) in [6.45, 7) is 2.07. The maximum atomic E-state index is 12.3. The zero-order chi connectivity index (χ0) is 11.8. The molecule has 2 aromatic rings. The largest absolute Gasteiger partial charge is 0.472 e. The van der Waals surface area contributed by atoms with E-state index in [4.69, 9.17) is 4.42 Å². The fraction of sp³-hybridized carbons (Fsp3) is 0.214. The van der Waals surface area contributed by atoms with Crippen molar-refractivity contribution in [3.05, 3.63) is 54.0 Å². The minimum Gasteiger partial charge on any atom is -0.472 e. The molecular formula is C14H13NO2. The number of carbonyl (C=O) groups is 1. The number of para-hydroxylation sites is 1. The molecule has 1 amide bonds. The third-order valence-electron chi connectivity index (χ3n) is 3.19. The van der Waals surface area contributed by atoms with Crippen molar-refractivity contribution in [3.8, 4) is 0 Å². The van der Waals surface area contributed by atoms with Gasteiger partial charge in [0, 0.05) is 11.7 Å². The van der Waals surface area contributed by atoms with E-state index in [2.05, 4.69) is 13.0 Å². The molecule has 1 aliphatic heterocycles. The molecule has 0 bridgehead atoms. The SMILES string of the molecule is CC1Cc2ccccc2N1C(=O)c1ccoc1. The molecule has 0 saturated heterocycles. The van der Waals surface area contributed by atoms with Crippen LogP contribution in [0.4, 0.5) is 5.69 Å². The number of anilines is 1. The topological polar surface area (TPSA) is 33.5 Å². The van der Waals surface area contributed by atoms with Gasteiger partial charge in [-0.25, -0.2) is 0 Å². The van der Waals surface area contributed by atoms with E-state index in [1.807, 2.05) is 23.1 Å². The quantitative estimate of drug-likeness (QED) is 0.750. The molecule has 3 heteroatoms. The maximum Gasteiger partial charge on any atom is 0.261 e. The van der Waals surface area contributed by atoms with Gasteiger partial charge in [-0.2, -0.15) is 0 Å². The molecule has 17 heavy (non-hydrogen) atoms. The van der Waals surface area contributed by atoms with E-state index in [0.717, 1.165) is 12.1 Å². The molecule has 1 unspecified atom stereocenters. The zero-order valence-electron chi connectivity index (χ0n) is 9.59. The Morgan fingerprint density at radius 3 is 2.94 bits per heavy atom. The summed E-state index contributed by atoms with van der Waals surface area (Å²) in [4.78, 5) is 14.2. The van der Waals surface area contributed by atoms with Crippen molar-refractivity contribution < 1.29 is 9.21 Å². The molecule has 0 N–H and O–H groups in total. The van der Waals surface area contributed by atoms with Crippen molar-refractivity contribution in [2.45, 2.75) is 19.4 Å². The van der Waals surface area contributed by atoms with Crippen molar-refractivity contribution >= 4 is 11.6 Å². The van der Waals surface area contributed by atoms with Gasteiger partial charge >= 0.3 is 0 Å². The van der Waals surface area contributed by atoms with Gasteiger partial charge in [0.15, 0.2) is 0 Å². The first kappa shape index (κ1) is 10.1. The second-order valence-electron chi connectivity index (χ2n) is 4.37. The Morgan fingerprint density at radius 2 is 2.18 bits per heavy atom. The molecule has 0 spiro atoms. The third kappa shape index (κ3) is 1.55. The first-order valence-electron chi connectivity index (χ1n) is 5.71. The van der Waals surface area contributed by atoms with Crippen LogP contribution in [0.2, 0.25) is 0 Å². The van der Waals surface area contributed by atoms with E-state index >= 15 is 0 Å². The van der Waals surface area contributed by atoms with Crippen molar-refractivity contribution in [1.29, 1.82) is 0 Å². The van der Waals surface area contributed by atoms with Crippen LogP contribution in [0.15, 0.2) is 47.3 Å². The first-order valence-corrected chi connectivity index (χ1v) is 5.71. The maximum absolute atomic E-state index is 12.3. The average Bonchev–Trinajstić information content (AvgIpc) is 2.94. The summed E-state index contributed by atoms with van der Waals surface area (Å²) in [6, 6.07) is 9.96.